The third-order valence-corrected chi connectivity index (χ3v) is 6.90. The minimum Gasteiger partial charge on any atom is -0.352 e. The van der Waals surface area contributed by atoms with Gasteiger partial charge in [0.1, 0.15) is 0 Å². The molecule has 1 aliphatic heterocycles. The first-order valence-electron chi connectivity index (χ1n) is 12.6. The van der Waals surface area contributed by atoms with Crippen molar-refractivity contribution in [3.63, 3.8) is 0 Å². The molecule has 2 nitrogen and oxygen atoms in total. The number of allylic oxidation sites excluding steroid dienone is 5. The Labute approximate surface area is 210 Å². The molecule has 0 aromatic heterocycles. The van der Waals surface area contributed by atoms with Gasteiger partial charge in [0, 0.05) is 17.0 Å². The minimum absolute atomic E-state index is 0.178. The van der Waals surface area contributed by atoms with Gasteiger partial charge in [-0.3, -0.25) is 0 Å². The summed E-state index contributed by atoms with van der Waals surface area (Å²) in [4.78, 5) is 0. The van der Waals surface area contributed by atoms with Crippen LogP contribution in [-0.2, 0) is 15.9 Å². The predicted octanol–water partition coefficient (Wildman–Crippen LogP) is 8.27. The zero-order chi connectivity index (χ0) is 25.7. The van der Waals surface area contributed by atoms with Gasteiger partial charge in [-0.25, -0.2) is 17.6 Å². The average Bonchev–Trinajstić information content (AvgIpc) is 2.89. The van der Waals surface area contributed by atoms with E-state index in [1.165, 1.54) is 0 Å². The van der Waals surface area contributed by atoms with Gasteiger partial charge in [-0.1, -0.05) is 55.8 Å². The minimum atomic E-state index is -0.910. The van der Waals surface area contributed by atoms with Crippen LogP contribution in [0.1, 0.15) is 73.6 Å². The summed E-state index contributed by atoms with van der Waals surface area (Å²) in [5.74, 6) is -3.87. The molecular weight excluding hydrogens is 468 g/mol. The summed E-state index contributed by atoms with van der Waals surface area (Å²) in [6.07, 6.45) is 9.13. The number of unbranched alkanes of at least 4 members (excludes halogenated alkanes) is 1. The number of benzene rings is 2. The van der Waals surface area contributed by atoms with Crippen LogP contribution in [0.15, 0.2) is 49.1 Å². The first-order chi connectivity index (χ1) is 17.4. The van der Waals surface area contributed by atoms with Gasteiger partial charge in [-0.15, -0.1) is 6.58 Å². The lowest BCUT2D eigenvalue weighted by molar-refractivity contribution is -0.190. The van der Waals surface area contributed by atoms with Crippen molar-refractivity contribution >= 4 is 11.1 Å². The lowest BCUT2D eigenvalue weighted by atomic mass is 9.87. The zero-order valence-corrected chi connectivity index (χ0v) is 20.6. The van der Waals surface area contributed by atoms with Gasteiger partial charge in [-0.2, -0.15) is 0 Å². The van der Waals surface area contributed by atoms with E-state index in [4.69, 9.17) is 9.47 Å². The highest BCUT2D eigenvalue weighted by Gasteiger charge is 2.28. The third-order valence-electron chi connectivity index (χ3n) is 6.90. The summed E-state index contributed by atoms with van der Waals surface area (Å²) in [6.45, 7) is 6.24. The van der Waals surface area contributed by atoms with Gasteiger partial charge in [-0.05, 0) is 60.8 Å². The zero-order valence-electron chi connectivity index (χ0n) is 20.6. The molecule has 0 bridgehead atoms. The molecule has 1 heterocycles. The van der Waals surface area contributed by atoms with Crippen LogP contribution in [-0.4, -0.2) is 19.5 Å². The van der Waals surface area contributed by atoms with Gasteiger partial charge in [0.2, 0.25) is 0 Å². The van der Waals surface area contributed by atoms with Gasteiger partial charge >= 0.3 is 0 Å². The Bertz CT molecular complexity index is 1160. The predicted molar refractivity (Wildman–Crippen MR) is 134 cm³/mol. The SMILES string of the molecule is C=CCCCc1ccc(C2=CC=C(c3ccc(C4COC(CCC)OC4)c(F)c3F)CC2)c(F)c1F. The first-order valence-corrected chi connectivity index (χ1v) is 12.6. The van der Waals surface area contributed by atoms with E-state index in [-0.39, 0.29) is 42.1 Å². The first kappa shape index (κ1) is 26.4. The smallest absolute Gasteiger partial charge is 0.166 e. The molecule has 2 aromatic carbocycles. The summed E-state index contributed by atoms with van der Waals surface area (Å²) < 4.78 is 70.7. The number of hydrogen-bond acceptors (Lipinski definition) is 2. The van der Waals surface area contributed by atoms with E-state index in [9.17, 15) is 8.78 Å². The van der Waals surface area contributed by atoms with Crippen LogP contribution in [0.5, 0.6) is 0 Å². The van der Waals surface area contributed by atoms with Crippen molar-refractivity contribution in [2.75, 3.05) is 13.2 Å². The molecule has 36 heavy (non-hydrogen) atoms. The van der Waals surface area contributed by atoms with E-state index in [2.05, 4.69) is 6.58 Å². The van der Waals surface area contributed by atoms with Crippen LogP contribution in [0.4, 0.5) is 17.6 Å². The molecule has 2 aromatic rings. The van der Waals surface area contributed by atoms with Gasteiger partial charge < -0.3 is 9.47 Å². The fraction of sp³-hybridized carbons (Fsp3) is 0.400. The number of rotatable bonds is 9. The van der Waals surface area contributed by atoms with E-state index in [0.29, 0.717) is 42.4 Å². The van der Waals surface area contributed by atoms with Crippen LogP contribution in [0, 0.1) is 23.3 Å². The maximum atomic E-state index is 15.1. The second kappa shape index (κ2) is 12.0. The molecule has 1 saturated heterocycles. The highest BCUT2D eigenvalue weighted by atomic mass is 19.2. The van der Waals surface area contributed by atoms with Gasteiger partial charge in [0.15, 0.2) is 29.6 Å². The summed E-state index contributed by atoms with van der Waals surface area (Å²) in [7, 11) is 0. The number of aryl methyl sites for hydroxylation is 1. The number of ether oxygens (including phenoxy) is 2. The van der Waals surface area contributed by atoms with Gasteiger partial charge in [0.05, 0.1) is 13.2 Å². The van der Waals surface area contributed by atoms with Crippen LogP contribution >= 0.6 is 0 Å². The topological polar surface area (TPSA) is 18.5 Å². The van der Waals surface area contributed by atoms with Crippen molar-refractivity contribution in [2.45, 2.75) is 64.1 Å². The maximum Gasteiger partial charge on any atom is 0.166 e. The fourth-order valence-electron chi connectivity index (χ4n) is 4.81. The Morgan fingerprint density at radius 3 is 2.06 bits per heavy atom. The van der Waals surface area contributed by atoms with Crippen molar-refractivity contribution in [3.05, 3.63) is 94.6 Å². The highest BCUT2D eigenvalue weighted by molar-refractivity contribution is 5.78. The Hall–Kier alpha value is -2.70. The molecule has 0 atom stereocenters. The fourth-order valence-corrected chi connectivity index (χ4v) is 4.81. The third kappa shape index (κ3) is 5.65. The standard InChI is InChI=1S/C30H32F4O2/c1-3-5-6-8-21-13-14-23(28(32)27(21)31)19-9-11-20(12-10-19)24-15-16-25(30(34)29(24)33)22-17-35-26(7-4-2)36-18-22/h3,9,11,13-16,22,26H,1,4-8,10,12,17-18H2,2H3. The molecule has 0 unspecified atom stereocenters. The molecule has 0 saturated carbocycles. The van der Waals surface area contributed by atoms with E-state index in [0.717, 1.165) is 19.3 Å². The lowest BCUT2D eigenvalue weighted by Crippen LogP contribution is -2.31. The molecule has 0 N–H and O–H groups in total. The Balaban J connectivity index is 1.51. The molecule has 2 aliphatic rings. The Kier molecular flexibility index (Phi) is 8.81. The van der Waals surface area contributed by atoms with Crippen molar-refractivity contribution < 1.29 is 27.0 Å². The van der Waals surface area contributed by atoms with E-state index in [1.807, 2.05) is 6.92 Å². The molecule has 0 amide bonds. The number of hydrogen-bond donors (Lipinski definition) is 0. The van der Waals surface area contributed by atoms with E-state index >= 15 is 8.78 Å². The normalized spacial score (nSPS) is 20.1. The lowest BCUT2D eigenvalue weighted by Gasteiger charge is -2.30. The maximum absolute atomic E-state index is 15.1. The largest absolute Gasteiger partial charge is 0.352 e. The molecule has 0 spiro atoms. The molecule has 1 aliphatic carbocycles. The van der Waals surface area contributed by atoms with Crippen LogP contribution in [0.2, 0.25) is 0 Å². The van der Waals surface area contributed by atoms with E-state index in [1.54, 1.807) is 42.5 Å². The summed E-state index contributed by atoms with van der Waals surface area (Å²) in [6, 6.07) is 6.38. The molecule has 6 heteroatoms. The van der Waals surface area contributed by atoms with E-state index < -0.39 is 23.3 Å². The summed E-state index contributed by atoms with van der Waals surface area (Å²) in [5, 5.41) is 0. The van der Waals surface area contributed by atoms with Crippen molar-refractivity contribution in [3.8, 4) is 0 Å². The molecule has 1 fully saturated rings. The molecular formula is C30H32F4O2. The van der Waals surface area contributed by atoms with Crippen LogP contribution < -0.4 is 0 Å². The second-order valence-corrected chi connectivity index (χ2v) is 9.38. The quantitative estimate of drug-likeness (QED) is 0.196. The van der Waals surface area contributed by atoms with Crippen molar-refractivity contribution in [1.82, 2.24) is 0 Å². The van der Waals surface area contributed by atoms with Crippen LogP contribution in [0.25, 0.3) is 11.1 Å². The monoisotopic (exact) mass is 500 g/mol. The second-order valence-electron chi connectivity index (χ2n) is 9.38. The average molecular weight is 501 g/mol. The molecule has 192 valence electrons. The van der Waals surface area contributed by atoms with Crippen molar-refractivity contribution in [1.29, 1.82) is 0 Å². The molecule has 4 rings (SSSR count). The van der Waals surface area contributed by atoms with Gasteiger partial charge in [0.25, 0.3) is 0 Å². The number of halogens is 4. The van der Waals surface area contributed by atoms with Crippen molar-refractivity contribution in [2.24, 2.45) is 0 Å². The summed E-state index contributed by atoms with van der Waals surface area (Å²) in [5.41, 5.74) is 2.21. The summed E-state index contributed by atoms with van der Waals surface area (Å²) >= 11 is 0. The van der Waals surface area contributed by atoms with Crippen LogP contribution in [0.3, 0.4) is 0 Å². The Morgan fingerprint density at radius 2 is 1.47 bits per heavy atom. The highest BCUT2D eigenvalue weighted by Crippen LogP contribution is 2.37. The molecule has 0 radical (unpaired) electrons. The Morgan fingerprint density at radius 1 is 0.861 bits per heavy atom.